The van der Waals surface area contributed by atoms with Crippen LogP contribution in [-0.2, 0) is 24.4 Å². The zero-order chi connectivity index (χ0) is 20.8. The minimum atomic E-state index is -0.612. The number of hydrogen-bond acceptors (Lipinski definition) is 6. The van der Waals surface area contributed by atoms with E-state index in [0.29, 0.717) is 19.7 Å². The molecule has 2 heterocycles. The van der Waals surface area contributed by atoms with Crippen LogP contribution < -0.4 is 9.47 Å². The number of fused-ring (bicyclic) bond motifs is 1. The Balaban J connectivity index is 1.38. The van der Waals surface area contributed by atoms with E-state index < -0.39 is 6.10 Å². The van der Waals surface area contributed by atoms with Gasteiger partial charge in [0.15, 0.2) is 11.5 Å². The van der Waals surface area contributed by atoms with E-state index in [0.717, 1.165) is 29.4 Å². The van der Waals surface area contributed by atoms with Crippen LogP contribution >= 0.6 is 0 Å². The minimum Gasteiger partial charge on any atom is -0.467 e. The average Bonchev–Trinajstić information content (AvgIpc) is 3.41. The topological polar surface area (TPSA) is 64.3 Å². The predicted molar refractivity (Wildman–Crippen MR) is 112 cm³/mol. The van der Waals surface area contributed by atoms with E-state index in [1.54, 1.807) is 6.26 Å². The molecular formula is C24H27NO5. The molecule has 1 N–H and O–H groups in total. The highest BCUT2D eigenvalue weighted by Gasteiger charge is 2.17. The zero-order valence-corrected chi connectivity index (χ0v) is 17.1. The normalized spacial score (nSPS) is 13.7. The van der Waals surface area contributed by atoms with Crippen molar-refractivity contribution in [2.24, 2.45) is 0 Å². The van der Waals surface area contributed by atoms with Gasteiger partial charge in [0.05, 0.1) is 19.0 Å². The molecule has 6 heteroatoms. The number of ether oxygens (including phenoxy) is 3. The molecule has 0 saturated carbocycles. The molecule has 0 radical (unpaired) electrons. The Morgan fingerprint density at radius 3 is 2.57 bits per heavy atom. The molecular weight excluding hydrogens is 382 g/mol. The summed E-state index contributed by atoms with van der Waals surface area (Å²) in [7, 11) is 0. The van der Waals surface area contributed by atoms with E-state index in [1.165, 1.54) is 11.1 Å². The zero-order valence-electron chi connectivity index (χ0n) is 17.1. The van der Waals surface area contributed by atoms with E-state index in [-0.39, 0.29) is 13.4 Å². The van der Waals surface area contributed by atoms with Crippen molar-refractivity contribution in [1.82, 2.24) is 4.90 Å². The van der Waals surface area contributed by atoms with Crippen LogP contribution in [0.3, 0.4) is 0 Å². The van der Waals surface area contributed by atoms with Crippen molar-refractivity contribution in [2.75, 3.05) is 19.9 Å². The second kappa shape index (κ2) is 9.80. The molecule has 2 aromatic carbocycles. The number of benzene rings is 2. The molecule has 0 aliphatic carbocycles. The lowest BCUT2D eigenvalue weighted by Crippen LogP contribution is -2.34. The molecule has 1 atom stereocenters. The van der Waals surface area contributed by atoms with E-state index >= 15 is 0 Å². The van der Waals surface area contributed by atoms with Crippen molar-refractivity contribution in [3.05, 3.63) is 83.3 Å². The Hall–Kier alpha value is -2.80. The van der Waals surface area contributed by atoms with Gasteiger partial charge in [0.2, 0.25) is 6.79 Å². The molecule has 1 unspecified atom stereocenters. The Labute approximate surface area is 176 Å². The number of furan rings is 1. The van der Waals surface area contributed by atoms with Crippen LogP contribution in [-0.4, -0.2) is 36.1 Å². The van der Waals surface area contributed by atoms with E-state index in [9.17, 15) is 5.11 Å². The predicted octanol–water partition coefficient (Wildman–Crippen LogP) is 3.90. The number of aliphatic hydroxyl groups is 1. The lowest BCUT2D eigenvalue weighted by molar-refractivity contribution is 0.00253. The fourth-order valence-electron chi connectivity index (χ4n) is 3.48. The van der Waals surface area contributed by atoms with Gasteiger partial charge in [0.1, 0.15) is 12.4 Å². The van der Waals surface area contributed by atoms with Crippen LogP contribution in [0, 0.1) is 6.92 Å². The Bertz CT molecular complexity index is 923. The first-order valence-electron chi connectivity index (χ1n) is 10.1. The Kier molecular flexibility index (Phi) is 6.69. The van der Waals surface area contributed by atoms with E-state index in [2.05, 4.69) is 36.1 Å². The summed E-state index contributed by atoms with van der Waals surface area (Å²) in [5.74, 6) is 2.29. The van der Waals surface area contributed by atoms with Gasteiger partial charge in [-0.3, -0.25) is 4.90 Å². The van der Waals surface area contributed by atoms with E-state index in [4.69, 9.17) is 18.6 Å². The molecule has 0 saturated heterocycles. The van der Waals surface area contributed by atoms with Crippen molar-refractivity contribution >= 4 is 0 Å². The molecule has 4 rings (SSSR count). The molecule has 3 aromatic rings. The summed E-state index contributed by atoms with van der Waals surface area (Å²) in [5, 5.41) is 10.6. The molecule has 0 bridgehead atoms. The molecule has 1 aliphatic rings. The molecule has 30 heavy (non-hydrogen) atoms. The van der Waals surface area contributed by atoms with Crippen LogP contribution in [0.1, 0.15) is 22.5 Å². The van der Waals surface area contributed by atoms with Crippen LogP contribution in [0.5, 0.6) is 11.5 Å². The van der Waals surface area contributed by atoms with Gasteiger partial charge in [0, 0.05) is 19.6 Å². The molecule has 1 aromatic heterocycles. The van der Waals surface area contributed by atoms with E-state index in [1.807, 2.05) is 30.3 Å². The molecule has 158 valence electrons. The largest absolute Gasteiger partial charge is 0.467 e. The fourth-order valence-corrected chi connectivity index (χ4v) is 3.48. The van der Waals surface area contributed by atoms with Crippen molar-refractivity contribution in [3.63, 3.8) is 0 Å². The van der Waals surface area contributed by atoms with Gasteiger partial charge >= 0.3 is 0 Å². The molecule has 0 spiro atoms. The van der Waals surface area contributed by atoms with Crippen LogP contribution in [0.15, 0.2) is 65.3 Å². The first-order valence-corrected chi connectivity index (χ1v) is 10.1. The molecule has 0 amide bonds. The average molecular weight is 409 g/mol. The van der Waals surface area contributed by atoms with Crippen molar-refractivity contribution < 1.29 is 23.7 Å². The molecule has 6 nitrogen and oxygen atoms in total. The summed E-state index contributed by atoms with van der Waals surface area (Å²) >= 11 is 0. The number of aryl methyl sites for hydroxylation is 1. The van der Waals surface area contributed by atoms with Gasteiger partial charge in [0.25, 0.3) is 0 Å². The summed E-state index contributed by atoms with van der Waals surface area (Å²) in [4.78, 5) is 2.21. The standard InChI is InChI=1S/C24H27NO5/c1-18-4-6-19(7-5-18)12-25(13-20-8-9-23-24(11-20)30-17-29-23)14-21(26)15-27-16-22-3-2-10-28-22/h2-11,21,26H,12-17H2,1H3. The SMILES string of the molecule is Cc1ccc(CN(Cc2ccc3c(c2)OCO3)CC(O)COCc2ccco2)cc1. The third-order valence-corrected chi connectivity index (χ3v) is 4.97. The van der Waals surface area contributed by atoms with Crippen LogP contribution in [0.25, 0.3) is 0 Å². The molecule has 0 fully saturated rings. The summed E-state index contributed by atoms with van der Waals surface area (Å²) in [5.41, 5.74) is 3.53. The third-order valence-electron chi connectivity index (χ3n) is 4.97. The number of rotatable bonds is 10. The Morgan fingerprint density at radius 2 is 1.77 bits per heavy atom. The monoisotopic (exact) mass is 409 g/mol. The van der Waals surface area contributed by atoms with Crippen LogP contribution in [0.4, 0.5) is 0 Å². The maximum Gasteiger partial charge on any atom is 0.231 e. The van der Waals surface area contributed by atoms with Crippen LogP contribution in [0.2, 0.25) is 0 Å². The maximum atomic E-state index is 10.6. The first-order chi connectivity index (χ1) is 14.7. The third kappa shape index (κ3) is 5.63. The first kappa shape index (κ1) is 20.5. The summed E-state index contributed by atoms with van der Waals surface area (Å²) in [6.07, 6.45) is 1.00. The number of hydrogen-bond donors (Lipinski definition) is 1. The Morgan fingerprint density at radius 1 is 1.00 bits per heavy atom. The second-order valence-electron chi connectivity index (χ2n) is 7.59. The summed E-state index contributed by atoms with van der Waals surface area (Å²) in [6.45, 7) is 4.83. The highest BCUT2D eigenvalue weighted by molar-refractivity contribution is 5.44. The van der Waals surface area contributed by atoms with Crippen molar-refractivity contribution in [2.45, 2.75) is 32.7 Å². The summed E-state index contributed by atoms with van der Waals surface area (Å²) < 4.78 is 21.8. The second-order valence-corrected chi connectivity index (χ2v) is 7.59. The smallest absolute Gasteiger partial charge is 0.231 e. The highest BCUT2D eigenvalue weighted by atomic mass is 16.7. The number of nitrogens with zero attached hydrogens (tertiary/aromatic N) is 1. The molecule has 1 aliphatic heterocycles. The minimum absolute atomic E-state index is 0.242. The maximum absolute atomic E-state index is 10.6. The van der Waals surface area contributed by atoms with Crippen molar-refractivity contribution in [3.8, 4) is 11.5 Å². The van der Waals surface area contributed by atoms with Gasteiger partial charge in [-0.2, -0.15) is 0 Å². The quantitative estimate of drug-likeness (QED) is 0.548. The highest BCUT2D eigenvalue weighted by Crippen LogP contribution is 2.33. The van der Waals surface area contributed by atoms with Gasteiger partial charge in [-0.15, -0.1) is 0 Å². The van der Waals surface area contributed by atoms with Gasteiger partial charge < -0.3 is 23.7 Å². The van der Waals surface area contributed by atoms with Crippen molar-refractivity contribution in [1.29, 1.82) is 0 Å². The lowest BCUT2D eigenvalue weighted by Gasteiger charge is -2.25. The summed E-state index contributed by atoms with van der Waals surface area (Å²) in [6, 6.07) is 18.1. The fraction of sp³-hybridized carbons (Fsp3) is 0.333. The van der Waals surface area contributed by atoms with Gasteiger partial charge in [-0.25, -0.2) is 0 Å². The lowest BCUT2D eigenvalue weighted by atomic mass is 10.1. The van der Waals surface area contributed by atoms with Gasteiger partial charge in [-0.1, -0.05) is 35.9 Å². The number of aliphatic hydroxyl groups excluding tert-OH is 1. The van der Waals surface area contributed by atoms with Gasteiger partial charge in [-0.05, 0) is 42.3 Å².